The average Bonchev–Trinajstić information content (AvgIpc) is 2.61. The van der Waals surface area contributed by atoms with Crippen LogP contribution in [0.3, 0.4) is 0 Å². The van der Waals surface area contributed by atoms with Gasteiger partial charge in [-0.1, -0.05) is 0 Å². The number of nitrogens with one attached hydrogen (secondary N) is 1. The number of halogens is 1. The van der Waals surface area contributed by atoms with Crippen LogP contribution in [0, 0.1) is 6.92 Å². The molecule has 96 valence electrons. The molecule has 0 unspecified atom stereocenters. The van der Waals surface area contributed by atoms with Gasteiger partial charge in [0.2, 0.25) is 0 Å². The SMILES string of the molecule is CCn1nc(C)c(Br)c1CNCCC(=O)OC. The van der Waals surface area contributed by atoms with Gasteiger partial charge in [0.05, 0.1) is 29.4 Å². The van der Waals surface area contributed by atoms with Crippen LogP contribution in [0.25, 0.3) is 0 Å². The minimum absolute atomic E-state index is 0.197. The zero-order chi connectivity index (χ0) is 12.8. The van der Waals surface area contributed by atoms with Crippen molar-refractivity contribution in [3.05, 3.63) is 15.9 Å². The molecule has 5 nitrogen and oxygen atoms in total. The fourth-order valence-electron chi connectivity index (χ4n) is 1.54. The maximum absolute atomic E-state index is 10.9. The van der Waals surface area contributed by atoms with Crippen molar-refractivity contribution in [2.24, 2.45) is 0 Å². The van der Waals surface area contributed by atoms with Gasteiger partial charge in [0.15, 0.2) is 0 Å². The Kier molecular flexibility index (Phi) is 5.64. The molecule has 0 aliphatic heterocycles. The molecule has 0 amide bonds. The molecule has 0 atom stereocenters. The molecule has 1 heterocycles. The van der Waals surface area contributed by atoms with Gasteiger partial charge in [-0.15, -0.1) is 0 Å². The molecule has 0 fully saturated rings. The molecule has 1 aromatic rings. The van der Waals surface area contributed by atoms with E-state index in [0.29, 0.717) is 19.5 Å². The summed E-state index contributed by atoms with van der Waals surface area (Å²) in [4.78, 5) is 10.9. The van der Waals surface area contributed by atoms with Crippen molar-refractivity contribution in [2.75, 3.05) is 13.7 Å². The zero-order valence-corrected chi connectivity index (χ0v) is 12.0. The molecule has 1 N–H and O–H groups in total. The molecule has 0 aliphatic rings. The van der Waals surface area contributed by atoms with Gasteiger partial charge >= 0.3 is 5.97 Å². The van der Waals surface area contributed by atoms with Crippen molar-refractivity contribution < 1.29 is 9.53 Å². The summed E-state index contributed by atoms with van der Waals surface area (Å²) < 4.78 is 7.55. The van der Waals surface area contributed by atoms with Crippen LogP contribution in [0.2, 0.25) is 0 Å². The molecule has 0 saturated heterocycles. The fraction of sp³-hybridized carbons (Fsp3) is 0.636. The number of methoxy groups -OCH3 is 1. The number of esters is 1. The second-order valence-corrected chi connectivity index (χ2v) is 4.46. The van der Waals surface area contributed by atoms with Crippen molar-refractivity contribution in [1.82, 2.24) is 15.1 Å². The van der Waals surface area contributed by atoms with Crippen molar-refractivity contribution in [2.45, 2.75) is 33.4 Å². The molecule has 1 aromatic heterocycles. The van der Waals surface area contributed by atoms with Crippen LogP contribution in [0.1, 0.15) is 24.7 Å². The molecule has 1 rings (SSSR count). The van der Waals surface area contributed by atoms with Gasteiger partial charge in [-0.05, 0) is 29.8 Å². The third kappa shape index (κ3) is 3.81. The number of hydrogen-bond donors (Lipinski definition) is 1. The highest BCUT2D eigenvalue weighted by Gasteiger charge is 2.11. The number of nitrogens with zero attached hydrogens (tertiary/aromatic N) is 2. The number of rotatable bonds is 6. The minimum atomic E-state index is -0.197. The Hall–Kier alpha value is -0.880. The highest BCUT2D eigenvalue weighted by atomic mass is 79.9. The lowest BCUT2D eigenvalue weighted by atomic mass is 10.3. The summed E-state index contributed by atoms with van der Waals surface area (Å²) in [6.07, 6.45) is 0.382. The Balaban J connectivity index is 2.48. The molecular weight excluding hydrogens is 286 g/mol. The lowest BCUT2D eigenvalue weighted by Gasteiger charge is -2.07. The summed E-state index contributed by atoms with van der Waals surface area (Å²) >= 11 is 3.52. The van der Waals surface area contributed by atoms with E-state index in [2.05, 4.69) is 38.0 Å². The van der Waals surface area contributed by atoms with Crippen LogP contribution >= 0.6 is 15.9 Å². The van der Waals surface area contributed by atoms with E-state index < -0.39 is 0 Å². The van der Waals surface area contributed by atoms with Gasteiger partial charge in [-0.25, -0.2) is 0 Å². The van der Waals surface area contributed by atoms with E-state index in [9.17, 15) is 4.79 Å². The molecule has 0 saturated carbocycles. The summed E-state index contributed by atoms with van der Waals surface area (Å²) in [6, 6.07) is 0. The van der Waals surface area contributed by atoms with E-state index in [1.165, 1.54) is 7.11 Å². The van der Waals surface area contributed by atoms with Crippen molar-refractivity contribution >= 4 is 21.9 Å². The van der Waals surface area contributed by atoms with E-state index in [1.807, 2.05) is 11.6 Å². The van der Waals surface area contributed by atoms with Crippen LogP contribution in [-0.4, -0.2) is 29.4 Å². The number of aryl methyl sites for hydroxylation is 2. The second kappa shape index (κ2) is 6.76. The van der Waals surface area contributed by atoms with Crippen molar-refractivity contribution in [3.8, 4) is 0 Å². The van der Waals surface area contributed by atoms with Gasteiger partial charge in [-0.3, -0.25) is 9.48 Å². The van der Waals surface area contributed by atoms with E-state index >= 15 is 0 Å². The van der Waals surface area contributed by atoms with Crippen molar-refractivity contribution in [3.63, 3.8) is 0 Å². The predicted molar refractivity (Wildman–Crippen MR) is 68.7 cm³/mol. The zero-order valence-electron chi connectivity index (χ0n) is 10.4. The first-order valence-electron chi connectivity index (χ1n) is 5.59. The van der Waals surface area contributed by atoms with Gasteiger partial charge in [0.25, 0.3) is 0 Å². The standard InChI is InChI=1S/C11H18BrN3O2/c1-4-15-9(11(12)8(2)14-15)7-13-6-5-10(16)17-3/h13H,4-7H2,1-3H3. The summed E-state index contributed by atoms with van der Waals surface area (Å²) in [6.45, 7) is 6.14. The predicted octanol–water partition coefficient (Wildman–Crippen LogP) is 1.63. The van der Waals surface area contributed by atoms with E-state index in [0.717, 1.165) is 22.4 Å². The second-order valence-electron chi connectivity index (χ2n) is 3.66. The average molecular weight is 304 g/mol. The monoisotopic (exact) mass is 303 g/mol. The van der Waals surface area contributed by atoms with Gasteiger partial charge in [0.1, 0.15) is 0 Å². The summed E-state index contributed by atoms with van der Waals surface area (Å²) in [5, 5.41) is 7.60. The molecule has 0 bridgehead atoms. The topological polar surface area (TPSA) is 56.2 Å². The third-order valence-electron chi connectivity index (χ3n) is 2.48. The van der Waals surface area contributed by atoms with Gasteiger partial charge < -0.3 is 10.1 Å². The van der Waals surface area contributed by atoms with Crippen LogP contribution in [0.5, 0.6) is 0 Å². The Morgan fingerprint density at radius 2 is 2.29 bits per heavy atom. The van der Waals surface area contributed by atoms with Crippen LogP contribution in [0.4, 0.5) is 0 Å². The summed E-state index contributed by atoms with van der Waals surface area (Å²) in [5.74, 6) is -0.197. The van der Waals surface area contributed by atoms with Crippen LogP contribution < -0.4 is 5.32 Å². The maximum atomic E-state index is 10.9. The normalized spacial score (nSPS) is 10.6. The van der Waals surface area contributed by atoms with Crippen LogP contribution in [0.15, 0.2) is 4.47 Å². The summed E-state index contributed by atoms with van der Waals surface area (Å²) in [7, 11) is 1.40. The van der Waals surface area contributed by atoms with E-state index in [4.69, 9.17) is 0 Å². The fourth-order valence-corrected chi connectivity index (χ4v) is 1.96. The molecule has 0 spiro atoms. The molecule has 0 radical (unpaired) electrons. The van der Waals surface area contributed by atoms with Gasteiger partial charge in [-0.2, -0.15) is 5.10 Å². The van der Waals surface area contributed by atoms with Crippen molar-refractivity contribution in [1.29, 1.82) is 0 Å². The van der Waals surface area contributed by atoms with Gasteiger partial charge in [0, 0.05) is 19.6 Å². The molecule has 0 aromatic carbocycles. The highest BCUT2D eigenvalue weighted by molar-refractivity contribution is 9.10. The molecule has 0 aliphatic carbocycles. The minimum Gasteiger partial charge on any atom is -0.469 e. The Morgan fingerprint density at radius 3 is 2.88 bits per heavy atom. The maximum Gasteiger partial charge on any atom is 0.306 e. The number of hydrogen-bond acceptors (Lipinski definition) is 4. The molecule has 17 heavy (non-hydrogen) atoms. The number of aromatic nitrogens is 2. The first-order chi connectivity index (χ1) is 8.10. The number of carbonyl (C=O) groups is 1. The third-order valence-corrected chi connectivity index (χ3v) is 3.51. The molecular formula is C11H18BrN3O2. The molecule has 6 heteroatoms. The smallest absolute Gasteiger partial charge is 0.306 e. The lowest BCUT2D eigenvalue weighted by molar-refractivity contribution is -0.140. The van der Waals surface area contributed by atoms with E-state index in [1.54, 1.807) is 0 Å². The van der Waals surface area contributed by atoms with E-state index in [-0.39, 0.29) is 5.97 Å². The Labute approximate surface area is 110 Å². The first-order valence-corrected chi connectivity index (χ1v) is 6.38. The lowest BCUT2D eigenvalue weighted by Crippen LogP contribution is -2.20. The summed E-state index contributed by atoms with van der Waals surface area (Å²) in [5.41, 5.74) is 2.09. The Bertz CT molecular complexity index is 390. The largest absolute Gasteiger partial charge is 0.469 e. The quantitative estimate of drug-likeness (QED) is 0.641. The highest BCUT2D eigenvalue weighted by Crippen LogP contribution is 2.20. The number of carbonyl (C=O) groups excluding carboxylic acids is 1. The van der Waals surface area contributed by atoms with Crippen LogP contribution in [-0.2, 0) is 22.6 Å². The Morgan fingerprint density at radius 1 is 1.59 bits per heavy atom. The number of ether oxygens (including phenoxy) is 1. The first kappa shape index (κ1) is 14.2.